The highest BCUT2D eigenvalue weighted by Gasteiger charge is 2.57. The number of fused-ring (bicyclic) bond motifs is 1. The third-order valence-corrected chi connectivity index (χ3v) is 3.93. The lowest BCUT2D eigenvalue weighted by Crippen LogP contribution is -2.42. The van der Waals surface area contributed by atoms with Crippen LogP contribution in [0, 0.1) is 6.92 Å². The average molecular weight is 301 g/mol. The van der Waals surface area contributed by atoms with E-state index in [1.54, 1.807) is 22.8 Å². The zero-order valence-corrected chi connectivity index (χ0v) is 13.1. The Labute approximate surface area is 129 Å². The molecule has 0 spiro atoms. The second kappa shape index (κ2) is 4.72. The van der Waals surface area contributed by atoms with E-state index >= 15 is 0 Å². The monoisotopic (exact) mass is 301 g/mol. The molecule has 7 nitrogen and oxygen atoms in total. The average Bonchev–Trinajstić information content (AvgIpc) is 2.85. The van der Waals surface area contributed by atoms with Gasteiger partial charge in [0.2, 0.25) is 11.5 Å². The highest BCUT2D eigenvalue weighted by molar-refractivity contribution is 6.61. The van der Waals surface area contributed by atoms with Crippen LogP contribution < -0.4 is 10.9 Å². The Kier molecular flexibility index (Phi) is 3.19. The third kappa shape index (κ3) is 2.44. The molecular weight excluding hydrogens is 283 g/mol. The summed E-state index contributed by atoms with van der Waals surface area (Å²) >= 11 is 0. The van der Waals surface area contributed by atoms with Gasteiger partial charge in [0.25, 0.3) is 0 Å². The molecule has 0 bridgehead atoms. The summed E-state index contributed by atoms with van der Waals surface area (Å²) in [6, 6.07) is 3.59. The van der Waals surface area contributed by atoms with Gasteiger partial charge in [-0.1, -0.05) is 0 Å². The third-order valence-electron chi connectivity index (χ3n) is 3.93. The van der Waals surface area contributed by atoms with Crippen molar-refractivity contribution in [3.05, 3.63) is 25.3 Å². The molecule has 1 aliphatic rings. The summed E-state index contributed by atoms with van der Waals surface area (Å²) in [5.74, 6) is 0.272. The minimum absolute atomic E-state index is 0.180. The molecule has 22 heavy (non-hydrogen) atoms. The van der Waals surface area contributed by atoms with E-state index in [1.165, 1.54) is 6.92 Å². The number of hydrogen-bond acceptors (Lipinski definition) is 5. The van der Waals surface area contributed by atoms with Gasteiger partial charge < -0.3 is 14.6 Å². The number of nitrogens with one attached hydrogen (secondary N) is 1. The minimum Gasteiger partial charge on any atom is -0.394 e. The lowest BCUT2D eigenvalue weighted by molar-refractivity contribution is -0.114. The van der Waals surface area contributed by atoms with E-state index in [-0.39, 0.29) is 5.91 Å². The number of rotatable bonds is 2. The Hall–Kier alpha value is -2.06. The van der Waals surface area contributed by atoms with Gasteiger partial charge in [-0.2, -0.15) is 5.10 Å². The molecule has 1 N–H and O–H groups in total. The van der Waals surface area contributed by atoms with Gasteiger partial charge in [-0.15, -0.1) is 0 Å². The molecule has 0 radical (unpaired) electrons. The molecule has 1 fully saturated rings. The number of anilines is 1. The van der Waals surface area contributed by atoms with Crippen LogP contribution >= 0.6 is 0 Å². The molecule has 0 saturated carbocycles. The van der Waals surface area contributed by atoms with Crippen molar-refractivity contribution >= 4 is 30.1 Å². The van der Waals surface area contributed by atoms with Gasteiger partial charge in [-0.3, -0.25) is 4.79 Å². The van der Waals surface area contributed by atoms with Gasteiger partial charge in [0, 0.05) is 13.8 Å². The van der Waals surface area contributed by atoms with Gasteiger partial charge in [0.05, 0.1) is 18.7 Å². The first-order valence-electron chi connectivity index (χ1n) is 7.03. The summed E-state index contributed by atoms with van der Waals surface area (Å²) in [5, 5.41) is 7.07. The fourth-order valence-corrected chi connectivity index (χ4v) is 2.18. The summed E-state index contributed by atoms with van der Waals surface area (Å²) in [4.78, 5) is 15.3. The molecule has 1 aliphatic heterocycles. The Morgan fingerprint density at radius 3 is 2.68 bits per heavy atom. The molecule has 114 valence electrons. The summed E-state index contributed by atoms with van der Waals surface area (Å²) < 4.78 is 13.4. The molecule has 1 amide bonds. The molecule has 8 heteroatoms. The van der Waals surface area contributed by atoms with Crippen LogP contribution in [0.2, 0.25) is 0 Å². The van der Waals surface area contributed by atoms with Gasteiger partial charge in [0.15, 0.2) is 11.5 Å². The van der Waals surface area contributed by atoms with Crippen molar-refractivity contribution in [2.45, 2.75) is 38.9 Å². The van der Waals surface area contributed by atoms with Gasteiger partial charge in [0.1, 0.15) is 5.60 Å². The number of carbonyl (C=O) groups is 1. The summed E-state index contributed by atoms with van der Waals surface area (Å²) in [7, 11) is -0.589. The Morgan fingerprint density at radius 1 is 1.36 bits per heavy atom. The summed E-state index contributed by atoms with van der Waals surface area (Å²) in [6.45, 7) is 11.2. The molecule has 1 unspecified atom stereocenters. The lowest BCUT2D eigenvalue weighted by Gasteiger charge is -2.25. The SMILES string of the molecule is [CH2+]C1(C)OB(c2ccc3nc(NC(C)=O)cn3n2)OC1(C)C. The lowest BCUT2D eigenvalue weighted by atomic mass is 9.85. The Morgan fingerprint density at radius 2 is 2.09 bits per heavy atom. The first-order valence-corrected chi connectivity index (χ1v) is 7.03. The maximum atomic E-state index is 11.1. The Bertz CT molecular complexity index is 725. The first kappa shape index (κ1) is 14.9. The quantitative estimate of drug-likeness (QED) is 0.656. The van der Waals surface area contributed by atoms with Gasteiger partial charge >= 0.3 is 7.12 Å². The molecule has 0 aromatic carbocycles. The van der Waals surface area contributed by atoms with Crippen LogP contribution in [0.25, 0.3) is 5.65 Å². The highest BCUT2D eigenvalue weighted by Crippen LogP contribution is 2.35. The van der Waals surface area contributed by atoms with Crippen LogP contribution in [-0.4, -0.2) is 38.8 Å². The molecule has 1 atom stereocenters. The van der Waals surface area contributed by atoms with Gasteiger partial charge in [-0.25, -0.2) is 9.50 Å². The van der Waals surface area contributed by atoms with Crippen molar-refractivity contribution in [1.82, 2.24) is 14.6 Å². The summed E-state index contributed by atoms with van der Waals surface area (Å²) in [6.07, 6.45) is 1.64. The maximum Gasteiger partial charge on any atom is 0.519 e. The van der Waals surface area contributed by atoms with Crippen molar-refractivity contribution in [1.29, 1.82) is 0 Å². The van der Waals surface area contributed by atoms with E-state index in [1.807, 2.05) is 20.8 Å². The van der Waals surface area contributed by atoms with Crippen LogP contribution in [0.3, 0.4) is 0 Å². The largest absolute Gasteiger partial charge is 0.519 e. The van der Waals surface area contributed by atoms with Crippen LogP contribution in [0.4, 0.5) is 5.82 Å². The zero-order valence-electron chi connectivity index (χ0n) is 13.1. The predicted molar refractivity (Wildman–Crippen MR) is 82.7 cm³/mol. The van der Waals surface area contributed by atoms with Crippen molar-refractivity contribution < 1.29 is 14.1 Å². The summed E-state index contributed by atoms with van der Waals surface area (Å²) in [5.41, 5.74) is 0.0664. The number of amides is 1. The fourth-order valence-electron chi connectivity index (χ4n) is 2.18. The number of aromatic nitrogens is 3. The molecule has 1 saturated heterocycles. The minimum atomic E-state index is -0.662. The molecule has 2 aromatic heterocycles. The van der Waals surface area contributed by atoms with E-state index in [4.69, 9.17) is 9.31 Å². The predicted octanol–water partition coefficient (Wildman–Crippen LogP) is 0.801. The molecule has 3 rings (SSSR count). The van der Waals surface area contributed by atoms with Crippen molar-refractivity contribution in [2.75, 3.05) is 5.32 Å². The van der Waals surface area contributed by atoms with Crippen LogP contribution in [-0.2, 0) is 14.1 Å². The zero-order chi connectivity index (χ0) is 16.1. The Balaban J connectivity index is 1.91. The van der Waals surface area contributed by atoms with Crippen molar-refractivity contribution in [3.63, 3.8) is 0 Å². The number of carbonyl (C=O) groups excluding carboxylic acids is 1. The molecule has 3 heterocycles. The highest BCUT2D eigenvalue weighted by atomic mass is 16.7. The standard InChI is InChI=1S/C14H17BN4O3/c1-9(20)16-11-8-19-12(17-11)7-6-10(18-19)15-21-13(2,3)14(4,5)22-15/h6-8H,2H2,1,3-5H3/p+1. The van der Waals surface area contributed by atoms with E-state index in [9.17, 15) is 4.79 Å². The molecule has 2 aromatic rings. The van der Waals surface area contributed by atoms with Crippen molar-refractivity contribution in [2.24, 2.45) is 0 Å². The molecular formula is C14H18BN4O3+. The smallest absolute Gasteiger partial charge is 0.394 e. The van der Waals surface area contributed by atoms with E-state index in [2.05, 4.69) is 22.3 Å². The van der Waals surface area contributed by atoms with E-state index in [0.29, 0.717) is 17.1 Å². The van der Waals surface area contributed by atoms with Crippen LogP contribution in [0.15, 0.2) is 18.3 Å². The van der Waals surface area contributed by atoms with Crippen LogP contribution in [0.5, 0.6) is 0 Å². The van der Waals surface area contributed by atoms with E-state index < -0.39 is 18.3 Å². The van der Waals surface area contributed by atoms with E-state index in [0.717, 1.165) is 0 Å². The second-order valence-corrected chi connectivity index (χ2v) is 6.18. The van der Waals surface area contributed by atoms with Crippen molar-refractivity contribution in [3.8, 4) is 0 Å². The number of hydrogen-bond donors (Lipinski definition) is 1. The maximum absolute atomic E-state index is 11.1. The number of imidazole rings is 1. The molecule has 0 aliphatic carbocycles. The first-order chi connectivity index (χ1) is 10.2. The second-order valence-electron chi connectivity index (χ2n) is 6.18. The topological polar surface area (TPSA) is 77.8 Å². The van der Waals surface area contributed by atoms with Crippen LogP contribution in [0.1, 0.15) is 27.7 Å². The normalized spacial score (nSPS) is 23.9. The van der Waals surface area contributed by atoms with Gasteiger partial charge in [-0.05, 0) is 26.0 Å². The fraction of sp³-hybridized carbons (Fsp3) is 0.429. The number of nitrogens with zero attached hydrogens (tertiary/aromatic N) is 3.